The van der Waals surface area contributed by atoms with Crippen molar-refractivity contribution in [2.75, 3.05) is 0 Å². The number of halogens is 1. The molecule has 0 unspecified atom stereocenters. The SMILES string of the molecule is C=c1c(-c2cc3c(-c4ccccc4F)nccc3[nH]2)n[nH]/c1=C/C=C(\C)c1cncc(CC2CCCCC2)c1. The Kier molecular flexibility index (Phi) is 6.93. The molecule has 0 spiro atoms. The van der Waals surface area contributed by atoms with E-state index in [0.717, 1.165) is 56.3 Å². The van der Waals surface area contributed by atoms with Crippen molar-refractivity contribution in [1.82, 2.24) is 25.1 Å². The molecule has 6 heteroatoms. The van der Waals surface area contributed by atoms with Crippen LogP contribution in [0.2, 0.25) is 0 Å². The van der Waals surface area contributed by atoms with E-state index in [9.17, 15) is 4.39 Å². The Morgan fingerprint density at radius 1 is 1.08 bits per heavy atom. The predicted molar refractivity (Wildman–Crippen MR) is 156 cm³/mol. The number of nitrogens with one attached hydrogen (secondary N) is 2. The second-order valence-corrected chi connectivity index (χ2v) is 10.6. The van der Waals surface area contributed by atoms with Crippen LogP contribution in [-0.4, -0.2) is 25.1 Å². The van der Waals surface area contributed by atoms with E-state index in [1.165, 1.54) is 43.7 Å². The smallest absolute Gasteiger partial charge is 0.132 e. The monoisotopic (exact) mass is 517 g/mol. The zero-order valence-electron chi connectivity index (χ0n) is 22.2. The summed E-state index contributed by atoms with van der Waals surface area (Å²) in [6, 6.07) is 12.8. The summed E-state index contributed by atoms with van der Waals surface area (Å²) in [6.45, 7) is 6.39. The average molecular weight is 518 g/mol. The third-order valence-corrected chi connectivity index (χ3v) is 7.83. The normalized spacial score (nSPS) is 15.3. The Hall–Kier alpha value is -4.32. The van der Waals surface area contributed by atoms with Gasteiger partial charge in [-0.15, -0.1) is 0 Å². The van der Waals surface area contributed by atoms with Gasteiger partial charge in [0, 0.05) is 40.3 Å². The fourth-order valence-corrected chi connectivity index (χ4v) is 5.63. The first-order chi connectivity index (χ1) is 19.1. The number of H-pyrrole nitrogens is 2. The van der Waals surface area contributed by atoms with Gasteiger partial charge in [-0.2, -0.15) is 5.10 Å². The topological polar surface area (TPSA) is 70.2 Å². The number of aromatic nitrogens is 5. The van der Waals surface area contributed by atoms with E-state index in [2.05, 4.69) is 50.8 Å². The molecular formula is C33H32FN5. The van der Waals surface area contributed by atoms with Gasteiger partial charge in [0.25, 0.3) is 0 Å². The van der Waals surface area contributed by atoms with Gasteiger partial charge < -0.3 is 4.98 Å². The summed E-state index contributed by atoms with van der Waals surface area (Å²) in [5, 5.41) is 10.1. The lowest BCUT2D eigenvalue weighted by Crippen LogP contribution is -2.21. The minimum absolute atomic E-state index is 0.299. The first-order valence-corrected chi connectivity index (χ1v) is 13.7. The summed E-state index contributed by atoms with van der Waals surface area (Å²) in [5.74, 6) is 0.485. The summed E-state index contributed by atoms with van der Waals surface area (Å²) in [6.07, 6.45) is 17.6. The molecule has 5 nitrogen and oxygen atoms in total. The third-order valence-electron chi connectivity index (χ3n) is 7.83. The van der Waals surface area contributed by atoms with E-state index in [1.54, 1.807) is 18.3 Å². The maximum Gasteiger partial charge on any atom is 0.132 e. The molecule has 4 heterocycles. The fourth-order valence-electron chi connectivity index (χ4n) is 5.63. The highest BCUT2D eigenvalue weighted by Gasteiger charge is 2.15. The van der Waals surface area contributed by atoms with Gasteiger partial charge >= 0.3 is 0 Å². The van der Waals surface area contributed by atoms with Gasteiger partial charge in [-0.25, -0.2) is 4.39 Å². The van der Waals surface area contributed by atoms with Crippen molar-refractivity contribution in [3.63, 3.8) is 0 Å². The van der Waals surface area contributed by atoms with Crippen LogP contribution in [0.4, 0.5) is 4.39 Å². The van der Waals surface area contributed by atoms with Gasteiger partial charge in [0.05, 0.1) is 16.7 Å². The van der Waals surface area contributed by atoms with Gasteiger partial charge in [0.15, 0.2) is 0 Å². The van der Waals surface area contributed by atoms with Crippen LogP contribution < -0.4 is 10.6 Å². The molecule has 1 aliphatic rings. The van der Waals surface area contributed by atoms with E-state index in [4.69, 9.17) is 0 Å². The number of nitrogens with zero attached hydrogens (tertiary/aromatic N) is 3. The van der Waals surface area contributed by atoms with Crippen LogP contribution in [-0.2, 0) is 6.42 Å². The quantitative estimate of drug-likeness (QED) is 0.268. The minimum Gasteiger partial charge on any atom is -0.353 e. The van der Waals surface area contributed by atoms with Gasteiger partial charge in [-0.05, 0) is 72.4 Å². The van der Waals surface area contributed by atoms with Crippen LogP contribution in [0.5, 0.6) is 0 Å². The van der Waals surface area contributed by atoms with Crippen LogP contribution in [0.3, 0.4) is 0 Å². The van der Waals surface area contributed by atoms with Crippen LogP contribution in [0.15, 0.2) is 67.1 Å². The van der Waals surface area contributed by atoms with E-state index in [0.29, 0.717) is 11.3 Å². The van der Waals surface area contributed by atoms with E-state index < -0.39 is 0 Å². The third kappa shape index (κ3) is 5.19. The summed E-state index contributed by atoms with van der Waals surface area (Å²) < 4.78 is 14.5. The molecule has 6 rings (SSSR count). The largest absolute Gasteiger partial charge is 0.353 e. The van der Waals surface area contributed by atoms with Crippen LogP contribution in [0, 0.1) is 11.7 Å². The molecule has 1 aliphatic carbocycles. The Labute approximate surface area is 227 Å². The number of aromatic amines is 2. The maximum atomic E-state index is 14.5. The Balaban J connectivity index is 1.28. The number of benzene rings is 1. The fraction of sp³-hybridized carbons (Fsp3) is 0.242. The highest BCUT2D eigenvalue weighted by Crippen LogP contribution is 2.31. The number of allylic oxidation sites excluding steroid dienone is 2. The first kappa shape index (κ1) is 25.0. The van der Waals surface area contributed by atoms with Gasteiger partial charge in [0.2, 0.25) is 0 Å². The highest BCUT2D eigenvalue weighted by atomic mass is 19.1. The molecule has 39 heavy (non-hydrogen) atoms. The van der Waals surface area contributed by atoms with Gasteiger partial charge in [-0.3, -0.25) is 15.1 Å². The Morgan fingerprint density at radius 3 is 2.77 bits per heavy atom. The summed E-state index contributed by atoms with van der Waals surface area (Å²) in [4.78, 5) is 12.4. The van der Waals surface area contributed by atoms with Gasteiger partial charge in [0.1, 0.15) is 11.5 Å². The summed E-state index contributed by atoms with van der Waals surface area (Å²) >= 11 is 0. The molecule has 0 amide bonds. The number of hydrogen-bond donors (Lipinski definition) is 2. The molecule has 5 aromatic rings. The molecule has 0 aliphatic heterocycles. The lowest BCUT2D eigenvalue weighted by molar-refractivity contribution is 0.356. The second kappa shape index (κ2) is 10.8. The summed E-state index contributed by atoms with van der Waals surface area (Å²) in [7, 11) is 0. The van der Waals surface area contributed by atoms with Crippen molar-refractivity contribution in [2.24, 2.45) is 5.92 Å². The number of hydrogen-bond acceptors (Lipinski definition) is 3. The minimum atomic E-state index is -0.299. The van der Waals surface area contributed by atoms with E-state index in [-0.39, 0.29) is 5.82 Å². The van der Waals surface area contributed by atoms with E-state index >= 15 is 0 Å². The molecule has 2 N–H and O–H groups in total. The molecule has 0 saturated heterocycles. The molecule has 4 aromatic heterocycles. The maximum absolute atomic E-state index is 14.5. The van der Waals surface area contributed by atoms with Crippen LogP contribution in [0.25, 0.3) is 51.8 Å². The molecule has 196 valence electrons. The van der Waals surface area contributed by atoms with Crippen molar-refractivity contribution in [2.45, 2.75) is 45.4 Å². The second-order valence-electron chi connectivity index (χ2n) is 10.6. The molecule has 0 atom stereocenters. The zero-order valence-corrected chi connectivity index (χ0v) is 22.2. The molecule has 0 radical (unpaired) electrons. The molecule has 0 bridgehead atoms. The Bertz CT molecular complexity index is 1770. The molecule has 1 fully saturated rings. The van der Waals surface area contributed by atoms with Crippen molar-refractivity contribution in [3.05, 3.63) is 94.6 Å². The van der Waals surface area contributed by atoms with Crippen LogP contribution in [0.1, 0.15) is 50.2 Å². The first-order valence-electron chi connectivity index (χ1n) is 13.7. The van der Waals surface area contributed by atoms with Crippen molar-refractivity contribution < 1.29 is 4.39 Å². The molecule has 1 aromatic carbocycles. The van der Waals surface area contributed by atoms with E-state index in [1.807, 2.05) is 36.7 Å². The number of pyridine rings is 2. The highest BCUT2D eigenvalue weighted by molar-refractivity contribution is 5.96. The lowest BCUT2D eigenvalue weighted by atomic mass is 9.85. The Morgan fingerprint density at radius 2 is 1.92 bits per heavy atom. The lowest BCUT2D eigenvalue weighted by Gasteiger charge is -2.21. The van der Waals surface area contributed by atoms with Crippen LogP contribution >= 0.6 is 0 Å². The van der Waals surface area contributed by atoms with Crippen molar-refractivity contribution in [3.8, 4) is 22.6 Å². The average Bonchev–Trinajstić information content (AvgIpc) is 3.56. The standard InChI is InChI=1S/C33H32FN5/c1-21(25-17-24(19-35-20-25)16-23-8-4-3-5-9-23)12-13-29-22(2)32(39-38-29)31-18-27-30(37-31)14-15-36-33(27)26-10-6-7-11-28(26)34/h6-7,10-15,17-20,23,37-38H,2-5,8-9,16H2,1H3/b21-12+,29-13+. The zero-order chi connectivity index (χ0) is 26.8. The van der Waals surface area contributed by atoms with Crippen molar-refractivity contribution >= 4 is 29.1 Å². The molecular weight excluding hydrogens is 485 g/mol. The number of rotatable bonds is 6. The van der Waals surface area contributed by atoms with Gasteiger partial charge in [-0.1, -0.05) is 56.9 Å². The molecule has 1 saturated carbocycles. The predicted octanol–water partition coefficient (Wildman–Crippen LogP) is 6.57. The number of fused-ring (bicyclic) bond motifs is 1. The summed E-state index contributed by atoms with van der Waals surface area (Å²) in [5.41, 5.74) is 7.04. The van der Waals surface area contributed by atoms with Crippen molar-refractivity contribution in [1.29, 1.82) is 0 Å².